The van der Waals surface area contributed by atoms with Gasteiger partial charge in [0.25, 0.3) is 5.91 Å². The maximum absolute atomic E-state index is 12.0. The summed E-state index contributed by atoms with van der Waals surface area (Å²) in [6.07, 6.45) is 2.58. The molecule has 1 aromatic heterocycles. The van der Waals surface area contributed by atoms with Gasteiger partial charge in [-0.05, 0) is 30.2 Å². The highest BCUT2D eigenvalue weighted by atomic mass is 16.5. The van der Waals surface area contributed by atoms with Gasteiger partial charge in [-0.15, -0.1) is 0 Å². The topological polar surface area (TPSA) is 84.2 Å². The van der Waals surface area contributed by atoms with Crippen molar-refractivity contribution in [2.24, 2.45) is 0 Å². The maximum Gasteiger partial charge on any atom is 0.251 e. The van der Waals surface area contributed by atoms with Crippen molar-refractivity contribution in [2.75, 3.05) is 5.32 Å². The van der Waals surface area contributed by atoms with Crippen molar-refractivity contribution in [3.8, 4) is 0 Å². The highest BCUT2D eigenvalue weighted by Crippen LogP contribution is 2.23. The minimum absolute atomic E-state index is 0.0146. The zero-order chi connectivity index (χ0) is 13.9. The average molecular weight is 271 g/mol. The zero-order valence-corrected chi connectivity index (χ0v) is 10.7. The van der Waals surface area contributed by atoms with E-state index < -0.39 is 0 Å². The molecular formula is C14H13N3O3. The summed E-state index contributed by atoms with van der Waals surface area (Å²) in [5.74, 6) is -0.159. The van der Waals surface area contributed by atoms with Crippen LogP contribution in [0.4, 0.5) is 5.69 Å². The van der Waals surface area contributed by atoms with Gasteiger partial charge in [-0.2, -0.15) is 0 Å². The van der Waals surface area contributed by atoms with Crippen molar-refractivity contribution in [1.29, 1.82) is 0 Å². The van der Waals surface area contributed by atoms with Crippen LogP contribution in [0.5, 0.6) is 0 Å². The Hall–Kier alpha value is -2.63. The van der Waals surface area contributed by atoms with Crippen molar-refractivity contribution in [2.45, 2.75) is 19.4 Å². The first-order chi connectivity index (χ1) is 9.72. The summed E-state index contributed by atoms with van der Waals surface area (Å²) >= 11 is 0. The summed E-state index contributed by atoms with van der Waals surface area (Å²) in [5, 5.41) is 9.28. The van der Waals surface area contributed by atoms with Crippen molar-refractivity contribution >= 4 is 17.5 Å². The number of carbonyl (C=O) groups is 2. The number of aromatic nitrogens is 1. The number of carbonyl (C=O) groups excluding carboxylic acids is 2. The number of hydrogen-bond acceptors (Lipinski definition) is 4. The molecule has 1 aliphatic heterocycles. The zero-order valence-electron chi connectivity index (χ0n) is 10.7. The van der Waals surface area contributed by atoms with Crippen LogP contribution < -0.4 is 10.6 Å². The summed E-state index contributed by atoms with van der Waals surface area (Å²) in [6.45, 7) is 0.323. The van der Waals surface area contributed by atoms with E-state index in [-0.39, 0.29) is 11.8 Å². The van der Waals surface area contributed by atoms with Gasteiger partial charge in [0.15, 0.2) is 0 Å². The van der Waals surface area contributed by atoms with Gasteiger partial charge in [0.1, 0.15) is 12.0 Å². The molecule has 1 aromatic carbocycles. The van der Waals surface area contributed by atoms with E-state index in [0.29, 0.717) is 30.6 Å². The lowest BCUT2D eigenvalue weighted by atomic mass is 10.00. The van der Waals surface area contributed by atoms with Crippen LogP contribution in [-0.2, 0) is 17.8 Å². The quantitative estimate of drug-likeness (QED) is 0.885. The van der Waals surface area contributed by atoms with Crippen LogP contribution in [-0.4, -0.2) is 17.0 Å². The summed E-state index contributed by atoms with van der Waals surface area (Å²) in [5.41, 5.74) is 3.01. The number of rotatable bonds is 3. The predicted octanol–water partition coefficient (Wildman–Crippen LogP) is 1.49. The van der Waals surface area contributed by atoms with Crippen LogP contribution in [0.15, 0.2) is 35.1 Å². The fourth-order valence-corrected chi connectivity index (χ4v) is 2.13. The van der Waals surface area contributed by atoms with E-state index in [9.17, 15) is 9.59 Å². The van der Waals surface area contributed by atoms with Crippen LogP contribution in [0.25, 0.3) is 0 Å². The second kappa shape index (κ2) is 5.16. The molecule has 0 bridgehead atoms. The Morgan fingerprint density at radius 2 is 2.25 bits per heavy atom. The molecule has 0 unspecified atom stereocenters. The molecule has 6 nitrogen and oxygen atoms in total. The minimum atomic E-state index is -0.173. The van der Waals surface area contributed by atoms with Gasteiger partial charge in [-0.3, -0.25) is 9.59 Å². The Morgan fingerprint density at radius 3 is 3.05 bits per heavy atom. The molecule has 3 rings (SSSR count). The van der Waals surface area contributed by atoms with E-state index in [2.05, 4.69) is 15.8 Å². The van der Waals surface area contributed by atoms with Crippen molar-refractivity contribution in [3.63, 3.8) is 0 Å². The molecule has 2 heterocycles. The van der Waals surface area contributed by atoms with E-state index in [4.69, 9.17) is 4.52 Å². The first-order valence-electron chi connectivity index (χ1n) is 6.32. The SMILES string of the molecule is O=C1CCc2cc(C(=O)NCc3ccon3)ccc2N1. The van der Waals surface area contributed by atoms with E-state index >= 15 is 0 Å². The summed E-state index contributed by atoms with van der Waals surface area (Å²) in [7, 11) is 0. The second-order valence-corrected chi connectivity index (χ2v) is 4.59. The molecule has 0 fully saturated rings. The minimum Gasteiger partial charge on any atom is -0.364 e. The number of anilines is 1. The van der Waals surface area contributed by atoms with E-state index in [1.165, 1.54) is 6.26 Å². The lowest BCUT2D eigenvalue weighted by Gasteiger charge is -2.17. The number of aryl methyl sites for hydroxylation is 1. The summed E-state index contributed by atoms with van der Waals surface area (Å²) in [4.78, 5) is 23.3. The van der Waals surface area contributed by atoms with Gasteiger partial charge < -0.3 is 15.2 Å². The molecule has 2 amide bonds. The number of hydrogen-bond donors (Lipinski definition) is 2. The molecule has 2 N–H and O–H groups in total. The number of amides is 2. The number of fused-ring (bicyclic) bond motifs is 1. The average Bonchev–Trinajstić information content (AvgIpc) is 2.97. The standard InChI is InChI=1S/C14H13N3O3/c18-13-4-2-9-7-10(1-3-12(9)16-13)14(19)15-8-11-5-6-20-17-11/h1,3,5-7H,2,4,8H2,(H,15,19)(H,16,18). The van der Waals surface area contributed by atoms with Crippen molar-refractivity contribution in [1.82, 2.24) is 10.5 Å². The molecule has 20 heavy (non-hydrogen) atoms. The van der Waals surface area contributed by atoms with Gasteiger partial charge in [0.2, 0.25) is 5.91 Å². The Morgan fingerprint density at radius 1 is 1.35 bits per heavy atom. The van der Waals surface area contributed by atoms with Crippen LogP contribution >= 0.6 is 0 Å². The number of nitrogens with one attached hydrogen (secondary N) is 2. The highest BCUT2D eigenvalue weighted by Gasteiger charge is 2.16. The Labute approximate surface area is 115 Å². The van der Waals surface area contributed by atoms with Gasteiger partial charge in [-0.1, -0.05) is 5.16 Å². The van der Waals surface area contributed by atoms with E-state index in [0.717, 1.165) is 11.3 Å². The number of nitrogens with zero attached hydrogens (tertiary/aromatic N) is 1. The highest BCUT2D eigenvalue weighted by molar-refractivity contribution is 5.97. The molecule has 0 aliphatic carbocycles. The Balaban J connectivity index is 1.70. The first kappa shape index (κ1) is 12.4. The molecule has 102 valence electrons. The third-order valence-corrected chi connectivity index (χ3v) is 3.18. The smallest absolute Gasteiger partial charge is 0.251 e. The summed E-state index contributed by atoms with van der Waals surface area (Å²) in [6, 6.07) is 6.97. The third kappa shape index (κ3) is 2.54. The lowest BCUT2D eigenvalue weighted by molar-refractivity contribution is -0.116. The van der Waals surface area contributed by atoms with Crippen molar-refractivity contribution in [3.05, 3.63) is 47.3 Å². The van der Waals surface area contributed by atoms with Crippen LogP contribution in [0.2, 0.25) is 0 Å². The summed E-state index contributed by atoms with van der Waals surface area (Å²) < 4.78 is 4.70. The molecule has 0 radical (unpaired) electrons. The Kier molecular flexibility index (Phi) is 3.20. The van der Waals surface area contributed by atoms with Crippen LogP contribution in [0.3, 0.4) is 0 Å². The lowest BCUT2D eigenvalue weighted by Crippen LogP contribution is -2.24. The molecule has 2 aromatic rings. The molecule has 0 spiro atoms. The number of benzene rings is 1. The van der Waals surface area contributed by atoms with E-state index in [1.807, 2.05) is 6.07 Å². The van der Waals surface area contributed by atoms with Gasteiger partial charge in [0, 0.05) is 23.7 Å². The van der Waals surface area contributed by atoms with Crippen LogP contribution in [0, 0.1) is 0 Å². The first-order valence-corrected chi connectivity index (χ1v) is 6.32. The fourth-order valence-electron chi connectivity index (χ4n) is 2.13. The normalized spacial score (nSPS) is 13.5. The molecule has 0 saturated heterocycles. The van der Waals surface area contributed by atoms with Crippen molar-refractivity contribution < 1.29 is 14.1 Å². The van der Waals surface area contributed by atoms with E-state index in [1.54, 1.807) is 18.2 Å². The predicted molar refractivity (Wildman–Crippen MR) is 71.1 cm³/mol. The monoisotopic (exact) mass is 271 g/mol. The fraction of sp³-hybridized carbons (Fsp3) is 0.214. The third-order valence-electron chi connectivity index (χ3n) is 3.18. The van der Waals surface area contributed by atoms with Gasteiger partial charge in [-0.25, -0.2) is 0 Å². The molecule has 0 atom stereocenters. The van der Waals surface area contributed by atoms with Gasteiger partial charge >= 0.3 is 0 Å². The maximum atomic E-state index is 12.0. The van der Waals surface area contributed by atoms with Crippen LogP contribution in [0.1, 0.15) is 28.0 Å². The van der Waals surface area contributed by atoms with Gasteiger partial charge in [0.05, 0.1) is 6.54 Å². The molecular weight excluding hydrogens is 258 g/mol. The molecule has 0 saturated carbocycles. The molecule has 6 heteroatoms. The second-order valence-electron chi connectivity index (χ2n) is 4.59. The Bertz CT molecular complexity index is 650. The largest absolute Gasteiger partial charge is 0.364 e. The molecule has 1 aliphatic rings.